The second kappa shape index (κ2) is 7.10. The molecule has 9 nitrogen and oxygen atoms in total. The predicted octanol–water partition coefficient (Wildman–Crippen LogP) is 0.897. The van der Waals surface area contributed by atoms with Crippen molar-refractivity contribution in [2.45, 2.75) is 6.10 Å². The minimum atomic E-state index is -0.677. The van der Waals surface area contributed by atoms with Gasteiger partial charge >= 0.3 is 11.5 Å². The molecule has 1 amide bonds. The number of aromatic amines is 1. The van der Waals surface area contributed by atoms with Crippen molar-refractivity contribution < 1.29 is 24.2 Å². The summed E-state index contributed by atoms with van der Waals surface area (Å²) >= 11 is 0. The standard InChI is InChI=1S/C18H18N4O5/c23-18(16-12-26-14-5-1-2-6-15(14)27-16)21-10-8-20(9-11-21)17-13(22(24)25)4-3-7-19-17/h1-7,16H,8-12H2/p+1/t16-/m1/s1. The summed E-state index contributed by atoms with van der Waals surface area (Å²) in [5, 5.41) is 11.2. The van der Waals surface area contributed by atoms with Crippen LogP contribution in [-0.2, 0) is 4.79 Å². The molecule has 0 aliphatic carbocycles. The first kappa shape index (κ1) is 17.1. The molecule has 1 saturated heterocycles. The molecule has 0 saturated carbocycles. The first-order valence-electron chi connectivity index (χ1n) is 8.71. The van der Waals surface area contributed by atoms with E-state index in [9.17, 15) is 14.9 Å². The Bertz CT molecular complexity index is 866. The number of nitrogens with zero attached hydrogens (tertiary/aromatic N) is 3. The Kier molecular flexibility index (Phi) is 4.49. The van der Waals surface area contributed by atoms with Crippen LogP contribution in [0.1, 0.15) is 0 Å². The summed E-state index contributed by atoms with van der Waals surface area (Å²) < 4.78 is 11.4. The Morgan fingerprint density at radius 3 is 2.59 bits per heavy atom. The van der Waals surface area contributed by atoms with E-state index in [1.54, 1.807) is 29.3 Å². The van der Waals surface area contributed by atoms with Crippen LogP contribution in [0.25, 0.3) is 0 Å². The third-order valence-corrected chi connectivity index (χ3v) is 4.70. The molecule has 1 aromatic carbocycles. The maximum Gasteiger partial charge on any atom is 0.357 e. The summed E-state index contributed by atoms with van der Waals surface area (Å²) in [7, 11) is 0. The number of piperazine rings is 1. The quantitative estimate of drug-likeness (QED) is 0.587. The van der Waals surface area contributed by atoms with Crippen LogP contribution in [0.2, 0.25) is 0 Å². The van der Waals surface area contributed by atoms with Crippen molar-refractivity contribution in [3.63, 3.8) is 0 Å². The van der Waals surface area contributed by atoms with E-state index >= 15 is 0 Å². The van der Waals surface area contributed by atoms with Gasteiger partial charge in [-0.15, -0.1) is 0 Å². The van der Waals surface area contributed by atoms with Crippen molar-refractivity contribution >= 4 is 17.4 Å². The number of pyridine rings is 1. The van der Waals surface area contributed by atoms with E-state index in [0.717, 1.165) is 0 Å². The van der Waals surface area contributed by atoms with Crippen LogP contribution in [0, 0.1) is 10.1 Å². The molecule has 1 N–H and O–H groups in total. The summed E-state index contributed by atoms with van der Waals surface area (Å²) in [6.45, 7) is 2.09. The smallest absolute Gasteiger partial charge is 0.357 e. The Balaban J connectivity index is 1.40. The number of rotatable bonds is 3. The third-order valence-electron chi connectivity index (χ3n) is 4.70. The highest BCUT2D eigenvalue weighted by molar-refractivity contribution is 5.82. The van der Waals surface area contributed by atoms with Gasteiger partial charge in [-0.05, 0) is 18.2 Å². The molecule has 1 atom stereocenters. The van der Waals surface area contributed by atoms with E-state index in [4.69, 9.17) is 9.47 Å². The number of fused-ring (bicyclic) bond motifs is 1. The van der Waals surface area contributed by atoms with Crippen LogP contribution in [0.3, 0.4) is 0 Å². The first-order chi connectivity index (χ1) is 13.1. The normalized spacial score (nSPS) is 18.9. The molecule has 4 rings (SSSR count). The van der Waals surface area contributed by atoms with Gasteiger partial charge in [0, 0.05) is 6.07 Å². The van der Waals surface area contributed by atoms with Crippen molar-refractivity contribution in [1.29, 1.82) is 0 Å². The molecule has 1 aromatic heterocycles. The largest absolute Gasteiger partial charge is 0.485 e. The number of aromatic nitrogens is 1. The summed E-state index contributed by atoms with van der Waals surface area (Å²) in [5.41, 5.74) is 0.0258. The lowest BCUT2D eigenvalue weighted by molar-refractivity contribution is -0.411. The minimum Gasteiger partial charge on any atom is -0.485 e. The molecule has 2 aliphatic heterocycles. The van der Waals surface area contributed by atoms with Crippen molar-refractivity contribution in [3.05, 3.63) is 52.7 Å². The fourth-order valence-corrected chi connectivity index (χ4v) is 3.32. The van der Waals surface area contributed by atoms with Gasteiger partial charge in [0.2, 0.25) is 6.10 Å². The fourth-order valence-electron chi connectivity index (χ4n) is 3.32. The van der Waals surface area contributed by atoms with Crippen molar-refractivity contribution in [1.82, 2.24) is 4.90 Å². The van der Waals surface area contributed by atoms with E-state index < -0.39 is 11.0 Å². The van der Waals surface area contributed by atoms with Gasteiger partial charge in [0.25, 0.3) is 5.91 Å². The lowest BCUT2D eigenvalue weighted by Gasteiger charge is -2.34. The molecule has 2 aliphatic rings. The number of anilines is 1. The number of para-hydroxylation sites is 2. The van der Waals surface area contributed by atoms with Crippen LogP contribution >= 0.6 is 0 Å². The van der Waals surface area contributed by atoms with Crippen LogP contribution in [-0.4, -0.2) is 54.6 Å². The minimum absolute atomic E-state index is 0.0258. The topological polar surface area (TPSA) is 99.3 Å². The Labute approximate surface area is 155 Å². The maximum atomic E-state index is 12.8. The summed E-state index contributed by atoms with van der Waals surface area (Å²) in [5.74, 6) is 1.53. The number of carbonyl (C=O) groups excluding carboxylic acids is 1. The molecule has 2 aromatic rings. The lowest BCUT2D eigenvalue weighted by atomic mass is 10.2. The van der Waals surface area contributed by atoms with E-state index in [1.807, 2.05) is 17.0 Å². The zero-order valence-corrected chi connectivity index (χ0v) is 14.5. The van der Waals surface area contributed by atoms with E-state index in [-0.39, 0.29) is 18.2 Å². The summed E-state index contributed by atoms with van der Waals surface area (Å²) in [6, 6.07) is 10.3. The molecule has 27 heavy (non-hydrogen) atoms. The molecule has 0 unspecified atom stereocenters. The van der Waals surface area contributed by atoms with Gasteiger partial charge < -0.3 is 14.4 Å². The number of H-pyrrole nitrogens is 1. The highest BCUT2D eigenvalue weighted by Crippen LogP contribution is 2.31. The highest BCUT2D eigenvalue weighted by Gasteiger charge is 2.36. The molecular weight excluding hydrogens is 352 g/mol. The molecule has 140 valence electrons. The van der Waals surface area contributed by atoms with Gasteiger partial charge in [0.1, 0.15) is 19.7 Å². The molecule has 3 heterocycles. The average molecular weight is 371 g/mol. The monoisotopic (exact) mass is 371 g/mol. The highest BCUT2D eigenvalue weighted by atomic mass is 16.6. The summed E-state index contributed by atoms with van der Waals surface area (Å²) in [6.07, 6.45) is 0.980. The number of carbonyl (C=O) groups is 1. The SMILES string of the molecule is O=C([C@H]1COc2ccccc2O1)N1CCN(c2[nH+]cccc2[N+](=O)[O-])CC1. The van der Waals surface area contributed by atoms with E-state index in [2.05, 4.69) is 4.98 Å². The molecule has 0 radical (unpaired) electrons. The first-order valence-corrected chi connectivity index (χ1v) is 8.71. The average Bonchev–Trinajstić information content (AvgIpc) is 2.73. The molecule has 1 fully saturated rings. The van der Waals surface area contributed by atoms with Gasteiger partial charge in [0.05, 0.1) is 24.2 Å². The number of amides is 1. The Morgan fingerprint density at radius 2 is 1.85 bits per heavy atom. The number of ether oxygens (including phenoxy) is 2. The molecule has 0 bridgehead atoms. The van der Waals surface area contributed by atoms with Gasteiger partial charge in [-0.1, -0.05) is 12.1 Å². The zero-order chi connectivity index (χ0) is 18.8. The van der Waals surface area contributed by atoms with E-state index in [0.29, 0.717) is 43.5 Å². The van der Waals surface area contributed by atoms with Crippen molar-refractivity contribution in [2.75, 3.05) is 37.7 Å². The van der Waals surface area contributed by atoms with Crippen molar-refractivity contribution in [2.24, 2.45) is 0 Å². The second-order valence-electron chi connectivity index (χ2n) is 6.34. The van der Waals surface area contributed by atoms with E-state index in [1.165, 1.54) is 6.07 Å². The van der Waals surface area contributed by atoms with Gasteiger partial charge in [-0.25, -0.2) is 4.98 Å². The third kappa shape index (κ3) is 3.35. The number of nitro groups is 1. The molecule has 9 heteroatoms. The lowest BCUT2D eigenvalue weighted by Crippen LogP contribution is -2.54. The van der Waals surface area contributed by atoms with Gasteiger partial charge in [-0.2, -0.15) is 0 Å². The number of nitrogens with one attached hydrogen (secondary N) is 1. The van der Waals surface area contributed by atoms with Crippen LogP contribution in [0.15, 0.2) is 42.6 Å². The zero-order valence-electron chi connectivity index (χ0n) is 14.5. The molecular formula is C18H19N4O5+. The second-order valence-corrected chi connectivity index (χ2v) is 6.34. The number of benzene rings is 1. The van der Waals surface area contributed by atoms with Crippen LogP contribution in [0.5, 0.6) is 11.5 Å². The Morgan fingerprint density at radius 1 is 1.11 bits per heavy atom. The number of hydrogen-bond acceptors (Lipinski definition) is 6. The van der Waals surface area contributed by atoms with Gasteiger partial charge in [-0.3, -0.25) is 19.8 Å². The summed E-state index contributed by atoms with van der Waals surface area (Å²) in [4.78, 5) is 30.1. The predicted molar refractivity (Wildman–Crippen MR) is 94.8 cm³/mol. The number of hydrogen-bond donors (Lipinski definition) is 0. The fraction of sp³-hybridized carbons (Fsp3) is 0.333. The van der Waals surface area contributed by atoms with Crippen LogP contribution in [0.4, 0.5) is 11.5 Å². The van der Waals surface area contributed by atoms with Gasteiger partial charge in [0.15, 0.2) is 11.5 Å². The molecule has 0 spiro atoms. The van der Waals surface area contributed by atoms with Crippen molar-refractivity contribution in [3.8, 4) is 11.5 Å². The Hall–Kier alpha value is -3.36. The maximum absolute atomic E-state index is 12.8. The van der Waals surface area contributed by atoms with Crippen LogP contribution < -0.4 is 19.4 Å².